The van der Waals surface area contributed by atoms with E-state index in [1.807, 2.05) is 49.6 Å². The molecule has 1 aromatic carbocycles. The molecule has 5 rings (SSSR count). The first-order chi connectivity index (χ1) is 17.0. The van der Waals surface area contributed by atoms with Gasteiger partial charge in [0.15, 0.2) is 5.11 Å². The molecule has 6 nitrogen and oxygen atoms in total. The Bertz CT molecular complexity index is 1350. The maximum absolute atomic E-state index is 5.89. The largest absolute Gasteiger partial charge is 0.494 e. The molecule has 1 fully saturated rings. The molecule has 1 aliphatic heterocycles. The molecule has 2 atom stereocenters. The average molecular weight is 484 g/mol. The van der Waals surface area contributed by atoms with Crippen LogP contribution >= 0.6 is 12.2 Å². The van der Waals surface area contributed by atoms with Crippen molar-refractivity contribution in [1.82, 2.24) is 19.9 Å². The summed E-state index contributed by atoms with van der Waals surface area (Å²) in [5.74, 6) is 1.79. The van der Waals surface area contributed by atoms with Crippen molar-refractivity contribution < 1.29 is 4.74 Å². The van der Waals surface area contributed by atoms with Crippen molar-refractivity contribution in [1.29, 1.82) is 0 Å². The third-order valence-corrected chi connectivity index (χ3v) is 6.82. The number of nitrogens with one attached hydrogen (secondary N) is 1. The average Bonchev–Trinajstić information content (AvgIpc) is 3.36. The third kappa shape index (κ3) is 4.17. The van der Waals surface area contributed by atoms with Gasteiger partial charge in [-0.3, -0.25) is 4.98 Å². The monoisotopic (exact) mass is 483 g/mol. The van der Waals surface area contributed by atoms with E-state index in [2.05, 4.69) is 75.9 Å². The van der Waals surface area contributed by atoms with E-state index < -0.39 is 0 Å². The standard InChI is InChI=1S/C28H29N5OS/c1-5-34-22-13-11-21(12-14-22)33-26(25(31-28(33)35)24-10-6-7-15-29-24)23-17-19(3)32(20(23)4)27-18(2)9-8-16-30-27/h6-17,25-26H,5H2,1-4H3,(H,31,35)/t25-,26-/m1/s1. The molecule has 0 bridgehead atoms. The number of anilines is 1. The highest BCUT2D eigenvalue weighted by Crippen LogP contribution is 2.44. The zero-order valence-corrected chi connectivity index (χ0v) is 21.2. The third-order valence-electron chi connectivity index (χ3n) is 6.51. The van der Waals surface area contributed by atoms with Gasteiger partial charge in [-0.25, -0.2) is 4.98 Å². The van der Waals surface area contributed by atoms with Gasteiger partial charge in [0.25, 0.3) is 0 Å². The van der Waals surface area contributed by atoms with E-state index in [-0.39, 0.29) is 12.1 Å². The van der Waals surface area contributed by atoms with Crippen LogP contribution in [0, 0.1) is 20.8 Å². The topological polar surface area (TPSA) is 55.2 Å². The predicted molar refractivity (Wildman–Crippen MR) is 143 cm³/mol. The summed E-state index contributed by atoms with van der Waals surface area (Å²) in [4.78, 5) is 11.6. The first-order valence-corrected chi connectivity index (χ1v) is 12.2. The lowest BCUT2D eigenvalue weighted by atomic mass is 9.96. The van der Waals surface area contributed by atoms with Crippen LogP contribution in [-0.4, -0.2) is 26.3 Å². The number of benzene rings is 1. The number of rotatable bonds is 6. The second kappa shape index (κ2) is 9.50. The van der Waals surface area contributed by atoms with Crippen LogP contribution in [-0.2, 0) is 0 Å². The SMILES string of the molecule is CCOc1ccc(N2C(=S)N[C@H](c3ccccn3)[C@H]2c2cc(C)n(-c3ncccc3C)c2C)cc1. The minimum Gasteiger partial charge on any atom is -0.494 e. The molecule has 0 amide bonds. The summed E-state index contributed by atoms with van der Waals surface area (Å²) in [6, 6.07) is 20.3. The lowest BCUT2D eigenvalue weighted by Gasteiger charge is -2.28. The summed E-state index contributed by atoms with van der Waals surface area (Å²) >= 11 is 5.89. The lowest BCUT2D eigenvalue weighted by Crippen LogP contribution is -2.29. The van der Waals surface area contributed by atoms with Gasteiger partial charge in [0.2, 0.25) is 0 Å². The Balaban J connectivity index is 1.65. The van der Waals surface area contributed by atoms with Gasteiger partial charge in [-0.05, 0) is 99.6 Å². The zero-order valence-electron chi connectivity index (χ0n) is 20.4. The van der Waals surface area contributed by atoms with Gasteiger partial charge in [-0.1, -0.05) is 12.1 Å². The number of pyridine rings is 2. The highest BCUT2D eigenvalue weighted by molar-refractivity contribution is 7.80. The molecule has 0 saturated carbocycles. The number of aryl methyl sites for hydroxylation is 2. The van der Waals surface area contributed by atoms with E-state index >= 15 is 0 Å². The fourth-order valence-electron chi connectivity index (χ4n) is 4.94. The molecule has 4 heterocycles. The second-order valence-electron chi connectivity index (χ2n) is 8.73. The molecule has 178 valence electrons. The molecule has 1 saturated heterocycles. The first-order valence-electron chi connectivity index (χ1n) is 11.8. The predicted octanol–water partition coefficient (Wildman–Crippen LogP) is 5.77. The Morgan fingerprint density at radius 3 is 2.43 bits per heavy atom. The molecule has 0 aliphatic carbocycles. The molecule has 0 spiro atoms. The minimum absolute atomic E-state index is 0.0840. The van der Waals surface area contributed by atoms with Crippen molar-refractivity contribution >= 4 is 23.0 Å². The van der Waals surface area contributed by atoms with Crippen LogP contribution in [0.15, 0.2) is 73.1 Å². The van der Waals surface area contributed by atoms with E-state index in [0.29, 0.717) is 11.7 Å². The van der Waals surface area contributed by atoms with Gasteiger partial charge < -0.3 is 19.5 Å². The first kappa shape index (κ1) is 23.1. The maximum atomic E-state index is 5.89. The van der Waals surface area contributed by atoms with Crippen molar-refractivity contribution in [2.75, 3.05) is 11.5 Å². The van der Waals surface area contributed by atoms with Crippen LogP contribution in [0.5, 0.6) is 5.75 Å². The van der Waals surface area contributed by atoms with Gasteiger partial charge in [0.05, 0.1) is 24.4 Å². The van der Waals surface area contributed by atoms with Crippen LogP contribution in [0.1, 0.15) is 47.2 Å². The Hall–Kier alpha value is -3.71. The van der Waals surface area contributed by atoms with Crippen molar-refractivity contribution in [2.24, 2.45) is 0 Å². The Morgan fingerprint density at radius 1 is 0.971 bits per heavy atom. The van der Waals surface area contributed by atoms with E-state index in [0.717, 1.165) is 39.9 Å². The van der Waals surface area contributed by atoms with Crippen LogP contribution in [0.4, 0.5) is 5.69 Å². The molecule has 4 aromatic rings. The quantitative estimate of drug-likeness (QED) is 0.352. The Labute approximate surface area is 211 Å². The summed E-state index contributed by atoms with van der Waals surface area (Å²) in [7, 11) is 0. The number of hydrogen-bond acceptors (Lipinski definition) is 4. The smallest absolute Gasteiger partial charge is 0.174 e. The summed E-state index contributed by atoms with van der Waals surface area (Å²) in [6.45, 7) is 8.99. The second-order valence-corrected chi connectivity index (χ2v) is 9.12. The molecule has 0 radical (unpaired) electrons. The Kier molecular flexibility index (Phi) is 6.26. The molecular weight excluding hydrogens is 454 g/mol. The van der Waals surface area contributed by atoms with Crippen molar-refractivity contribution in [3.05, 3.63) is 101 Å². The van der Waals surface area contributed by atoms with E-state index in [9.17, 15) is 0 Å². The molecule has 1 aliphatic rings. The van der Waals surface area contributed by atoms with E-state index in [1.165, 1.54) is 5.56 Å². The number of thiocarbonyl (C=S) groups is 1. The number of hydrogen-bond donors (Lipinski definition) is 1. The van der Waals surface area contributed by atoms with E-state index in [4.69, 9.17) is 17.0 Å². The van der Waals surface area contributed by atoms with Gasteiger partial charge in [0, 0.05) is 29.5 Å². The number of nitrogens with zero attached hydrogens (tertiary/aromatic N) is 4. The summed E-state index contributed by atoms with van der Waals surface area (Å²) < 4.78 is 7.90. The molecule has 3 aromatic heterocycles. The minimum atomic E-state index is -0.103. The summed E-state index contributed by atoms with van der Waals surface area (Å²) in [5.41, 5.74) is 6.54. The summed E-state index contributed by atoms with van der Waals surface area (Å²) in [5, 5.41) is 4.23. The van der Waals surface area contributed by atoms with Crippen LogP contribution in [0.2, 0.25) is 0 Å². The summed E-state index contributed by atoms with van der Waals surface area (Å²) in [6.07, 6.45) is 3.67. The fourth-order valence-corrected chi connectivity index (χ4v) is 5.29. The Morgan fingerprint density at radius 2 is 1.74 bits per heavy atom. The molecule has 0 unspecified atom stereocenters. The highest BCUT2D eigenvalue weighted by Gasteiger charge is 2.42. The van der Waals surface area contributed by atoms with Gasteiger partial charge in [0.1, 0.15) is 11.6 Å². The molecule has 35 heavy (non-hydrogen) atoms. The van der Waals surface area contributed by atoms with Crippen molar-refractivity contribution in [3.63, 3.8) is 0 Å². The fraction of sp³-hybridized carbons (Fsp3) is 0.250. The zero-order chi connectivity index (χ0) is 24.5. The maximum Gasteiger partial charge on any atom is 0.174 e. The number of aromatic nitrogens is 3. The van der Waals surface area contributed by atoms with Crippen molar-refractivity contribution in [2.45, 2.75) is 39.8 Å². The molecule has 7 heteroatoms. The van der Waals surface area contributed by atoms with Crippen molar-refractivity contribution in [3.8, 4) is 11.6 Å². The molecule has 1 N–H and O–H groups in total. The van der Waals surface area contributed by atoms with Gasteiger partial charge >= 0.3 is 0 Å². The van der Waals surface area contributed by atoms with Gasteiger partial charge in [-0.15, -0.1) is 0 Å². The lowest BCUT2D eigenvalue weighted by molar-refractivity contribution is 0.340. The normalized spacial score (nSPS) is 17.5. The number of ether oxygens (including phenoxy) is 1. The van der Waals surface area contributed by atoms with E-state index in [1.54, 1.807) is 0 Å². The molecular formula is C28H29N5OS. The van der Waals surface area contributed by atoms with Crippen LogP contribution in [0.25, 0.3) is 5.82 Å². The van der Waals surface area contributed by atoms with Crippen LogP contribution in [0.3, 0.4) is 0 Å². The van der Waals surface area contributed by atoms with Crippen LogP contribution < -0.4 is 15.0 Å². The van der Waals surface area contributed by atoms with Gasteiger partial charge in [-0.2, -0.15) is 0 Å². The highest BCUT2D eigenvalue weighted by atomic mass is 32.1.